The molecule has 0 aromatic heterocycles. The van der Waals surface area contributed by atoms with Gasteiger partial charge in [0.05, 0.1) is 4.90 Å². The summed E-state index contributed by atoms with van der Waals surface area (Å²) in [6.07, 6.45) is 0. The van der Waals surface area contributed by atoms with Crippen LogP contribution < -0.4 is 5.73 Å². The maximum absolute atomic E-state index is 13.6. The zero-order valence-electron chi connectivity index (χ0n) is 11.4. The van der Waals surface area contributed by atoms with Gasteiger partial charge in [-0.1, -0.05) is 19.1 Å². The number of anilines is 1. The van der Waals surface area contributed by atoms with E-state index in [9.17, 15) is 12.8 Å². The lowest BCUT2D eigenvalue weighted by molar-refractivity contribution is 0.452. The predicted molar refractivity (Wildman–Crippen MR) is 74.8 cm³/mol. The Bertz CT molecular complexity index is 574. The van der Waals surface area contributed by atoms with Gasteiger partial charge in [-0.15, -0.1) is 0 Å². The van der Waals surface area contributed by atoms with Crippen molar-refractivity contribution < 1.29 is 12.8 Å². The zero-order valence-corrected chi connectivity index (χ0v) is 12.2. The van der Waals surface area contributed by atoms with E-state index in [4.69, 9.17) is 5.73 Å². The van der Waals surface area contributed by atoms with Crippen LogP contribution in [0.25, 0.3) is 0 Å². The fourth-order valence-electron chi connectivity index (χ4n) is 1.64. The lowest BCUT2D eigenvalue weighted by atomic mass is 10.2. The van der Waals surface area contributed by atoms with Crippen molar-refractivity contribution in [1.29, 1.82) is 0 Å². The van der Waals surface area contributed by atoms with Crippen LogP contribution in [0.5, 0.6) is 0 Å². The van der Waals surface area contributed by atoms with Crippen LogP contribution in [0.4, 0.5) is 10.1 Å². The van der Waals surface area contributed by atoms with E-state index in [1.807, 2.05) is 0 Å². The summed E-state index contributed by atoms with van der Waals surface area (Å²) in [5.74, 6) is -0.620. The van der Waals surface area contributed by atoms with E-state index in [0.717, 1.165) is 6.07 Å². The van der Waals surface area contributed by atoms with E-state index in [0.29, 0.717) is 5.57 Å². The second-order valence-corrected chi connectivity index (χ2v) is 6.45. The van der Waals surface area contributed by atoms with Gasteiger partial charge in [0.25, 0.3) is 0 Å². The van der Waals surface area contributed by atoms with Crippen LogP contribution in [0, 0.1) is 12.7 Å². The Morgan fingerprint density at radius 3 is 2.47 bits per heavy atom. The number of likely N-dealkylation sites (N-methyl/N-ethyl adjacent to an activating group) is 1. The van der Waals surface area contributed by atoms with Gasteiger partial charge in [0.1, 0.15) is 5.82 Å². The molecule has 19 heavy (non-hydrogen) atoms. The molecule has 0 atom stereocenters. The highest BCUT2D eigenvalue weighted by molar-refractivity contribution is 7.89. The third-order valence-corrected chi connectivity index (χ3v) is 4.69. The average molecular weight is 286 g/mol. The largest absolute Gasteiger partial charge is 0.398 e. The second-order valence-electron chi connectivity index (χ2n) is 4.51. The minimum Gasteiger partial charge on any atom is -0.398 e. The van der Waals surface area contributed by atoms with Crippen LogP contribution in [-0.4, -0.2) is 25.8 Å². The van der Waals surface area contributed by atoms with Crippen LogP contribution in [0.1, 0.15) is 19.4 Å². The monoisotopic (exact) mass is 286 g/mol. The van der Waals surface area contributed by atoms with Gasteiger partial charge in [0, 0.05) is 24.3 Å². The van der Waals surface area contributed by atoms with Gasteiger partial charge < -0.3 is 5.73 Å². The van der Waals surface area contributed by atoms with Gasteiger partial charge in [-0.3, -0.25) is 0 Å². The molecule has 0 unspecified atom stereocenters. The molecular formula is C13H19FN2O2S. The molecule has 1 aromatic rings. The summed E-state index contributed by atoms with van der Waals surface area (Å²) in [6.45, 7) is 9.14. The molecule has 1 rings (SSSR count). The summed E-state index contributed by atoms with van der Waals surface area (Å²) in [7, 11) is -3.76. The van der Waals surface area contributed by atoms with E-state index in [-0.39, 0.29) is 29.2 Å². The fourth-order valence-corrected chi connectivity index (χ4v) is 3.20. The first-order valence-corrected chi connectivity index (χ1v) is 7.34. The minimum atomic E-state index is -3.76. The molecule has 0 spiro atoms. The average Bonchev–Trinajstić information content (AvgIpc) is 2.31. The van der Waals surface area contributed by atoms with Crippen molar-refractivity contribution in [3.05, 3.63) is 35.7 Å². The van der Waals surface area contributed by atoms with Gasteiger partial charge >= 0.3 is 0 Å². The molecule has 0 amide bonds. The number of halogens is 1. The number of nitrogen functional groups attached to an aromatic ring is 1. The molecule has 0 aliphatic carbocycles. The Kier molecular flexibility index (Phi) is 4.70. The summed E-state index contributed by atoms with van der Waals surface area (Å²) in [4.78, 5) is -0.129. The topological polar surface area (TPSA) is 63.4 Å². The highest BCUT2D eigenvalue weighted by atomic mass is 32.2. The van der Waals surface area contributed by atoms with Crippen LogP contribution in [0.2, 0.25) is 0 Å². The zero-order chi connectivity index (χ0) is 14.8. The normalized spacial score (nSPS) is 11.8. The molecule has 0 fully saturated rings. The van der Waals surface area contributed by atoms with Crippen molar-refractivity contribution >= 4 is 15.7 Å². The first kappa shape index (κ1) is 15.7. The lowest BCUT2D eigenvalue weighted by Crippen LogP contribution is -2.32. The van der Waals surface area contributed by atoms with E-state index < -0.39 is 15.8 Å². The Morgan fingerprint density at radius 2 is 2.05 bits per heavy atom. The maximum Gasteiger partial charge on any atom is 0.243 e. The highest BCUT2D eigenvalue weighted by Gasteiger charge is 2.24. The Hall–Kier alpha value is -1.40. The molecule has 0 saturated carbocycles. The molecule has 0 aliphatic rings. The van der Waals surface area contributed by atoms with Crippen LogP contribution in [0.15, 0.2) is 29.2 Å². The van der Waals surface area contributed by atoms with Crippen molar-refractivity contribution in [3.63, 3.8) is 0 Å². The summed E-state index contributed by atoms with van der Waals surface area (Å²) in [6, 6.07) is 2.29. The highest BCUT2D eigenvalue weighted by Crippen LogP contribution is 2.23. The number of sulfonamides is 1. The fraction of sp³-hybridized carbons (Fsp3) is 0.385. The quantitative estimate of drug-likeness (QED) is 0.667. The lowest BCUT2D eigenvalue weighted by Gasteiger charge is -2.21. The number of nitrogens with zero attached hydrogens (tertiary/aromatic N) is 1. The van der Waals surface area contributed by atoms with Gasteiger partial charge in [0.2, 0.25) is 10.0 Å². The van der Waals surface area contributed by atoms with Crippen molar-refractivity contribution in [2.24, 2.45) is 0 Å². The molecule has 0 aliphatic heterocycles. The molecule has 2 N–H and O–H groups in total. The van der Waals surface area contributed by atoms with Crippen molar-refractivity contribution in [2.45, 2.75) is 25.7 Å². The molecule has 0 saturated heterocycles. The number of hydrogen-bond donors (Lipinski definition) is 1. The number of nitrogens with two attached hydrogens (primary N) is 1. The third kappa shape index (κ3) is 3.33. The minimum absolute atomic E-state index is 0.129. The molecule has 0 heterocycles. The molecule has 1 aromatic carbocycles. The third-order valence-electron chi connectivity index (χ3n) is 2.79. The number of benzene rings is 1. The van der Waals surface area contributed by atoms with Gasteiger partial charge in [0.15, 0.2) is 0 Å². The van der Waals surface area contributed by atoms with Gasteiger partial charge in [-0.05, 0) is 26.0 Å². The first-order chi connectivity index (χ1) is 8.70. The number of rotatable bonds is 5. The number of hydrogen-bond acceptors (Lipinski definition) is 3. The van der Waals surface area contributed by atoms with Crippen LogP contribution in [0.3, 0.4) is 0 Å². The van der Waals surface area contributed by atoms with Crippen molar-refractivity contribution in [1.82, 2.24) is 4.31 Å². The van der Waals surface area contributed by atoms with E-state index in [1.165, 1.54) is 17.3 Å². The SMILES string of the molecule is C=C(C)CN(CC)S(=O)(=O)c1cc(N)c(C)c(F)c1. The first-order valence-electron chi connectivity index (χ1n) is 5.90. The van der Waals surface area contributed by atoms with E-state index >= 15 is 0 Å². The van der Waals surface area contributed by atoms with E-state index in [2.05, 4.69) is 6.58 Å². The maximum atomic E-state index is 13.6. The second kappa shape index (κ2) is 5.71. The van der Waals surface area contributed by atoms with Gasteiger partial charge in [-0.25, -0.2) is 12.8 Å². The van der Waals surface area contributed by atoms with E-state index in [1.54, 1.807) is 13.8 Å². The Balaban J connectivity index is 3.30. The van der Waals surface area contributed by atoms with Crippen LogP contribution in [-0.2, 0) is 10.0 Å². The standard InChI is InChI=1S/C13H19FN2O2S/c1-5-16(8-9(2)3)19(17,18)11-6-12(14)10(4)13(15)7-11/h6-7H,2,5,8,15H2,1,3-4H3. The van der Waals surface area contributed by atoms with Crippen molar-refractivity contribution in [3.8, 4) is 0 Å². The predicted octanol–water partition coefficient (Wildman–Crippen LogP) is 2.30. The Labute approximate surface area is 113 Å². The Morgan fingerprint density at radius 1 is 1.47 bits per heavy atom. The van der Waals surface area contributed by atoms with Crippen molar-refractivity contribution in [2.75, 3.05) is 18.8 Å². The smallest absolute Gasteiger partial charge is 0.243 e. The van der Waals surface area contributed by atoms with Gasteiger partial charge in [-0.2, -0.15) is 4.31 Å². The molecule has 106 valence electrons. The summed E-state index contributed by atoms with van der Waals surface area (Å²) < 4.78 is 39.6. The summed E-state index contributed by atoms with van der Waals surface area (Å²) >= 11 is 0. The summed E-state index contributed by atoms with van der Waals surface area (Å²) in [5, 5.41) is 0. The molecule has 0 bridgehead atoms. The summed E-state index contributed by atoms with van der Waals surface area (Å²) in [5.41, 5.74) is 6.72. The van der Waals surface area contributed by atoms with Crippen LogP contribution >= 0.6 is 0 Å². The molecule has 4 nitrogen and oxygen atoms in total. The molecule has 0 radical (unpaired) electrons. The molecule has 6 heteroatoms. The molecular weight excluding hydrogens is 267 g/mol.